The SMILES string of the molecule is O=C(O)CCc1ccc(SC[C@H]2O[C@@H]3O[C@H]4[C@H](O)[C@@H](O)[C@@H](O[C@H]5[C@H](O)[C@@H](O)[C@@H](O[C@H]6[C@H](O)[C@@H](O)[C@@H](O[C@H]7[C@H](O)[C@@H](O)[C@@H](O[C@H]8[C@H](O)[C@@H](O)[C@@H](O[C@H]9[C@H](O)[C@@H](O)[C@@H](O[C@H]%10[C@H](O)[C@@H](O)[C@@H](O[C@H]2[C@H](O)[C@H]3O)O[C@@H]%10CO)O[C@@H]9CO)O[C@@H]8CO)O[C@@H]7CO)O[C@@H]6CO)O[C@@H]5CO)O[C@@H]4CO)cc1. The first-order chi connectivity index (χ1) is 47.2. The summed E-state index contributed by atoms with van der Waals surface area (Å²) in [5.41, 5.74) is 0.648. The molecule has 30 aliphatic rings. The van der Waals surface area contributed by atoms with Crippen LogP contribution in [0.2, 0.25) is 0 Å². The molecular weight excluding hydrogens is 1370 g/mol. The van der Waals surface area contributed by atoms with Crippen LogP contribution in [0.4, 0.5) is 0 Å². The summed E-state index contributed by atoms with van der Waals surface area (Å²) in [6.45, 7) is -7.60. The second-order valence-electron chi connectivity index (χ2n) is 25.1. The van der Waals surface area contributed by atoms with Gasteiger partial charge in [0.1, 0.15) is 189 Å². The Morgan fingerprint density at radius 1 is 0.273 bits per heavy atom. The van der Waals surface area contributed by atoms with E-state index in [0.29, 0.717) is 10.5 Å². The average molecular weight is 1460 g/mol. The molecule has 41 nitrogen and oxygen atoms in total. The van der Waals surface area contributed by atoms with Crippen LogP contribution in [-0.2, 0) is 87.0 Å². The quantitative estimate of drug-likeness (QED) is 0.0816. The summed E-state index contributed by atoms with van der Waals surface area (Å²) in [7, 11) is 0. The predicted octanol–water partition coefficient (Wildman–Crippen LogP) is -14.6. The highest BCUT2D eigenvalue weighted by Gasteiger charge is 2.60. The van der Waals surface area contributed by atoms with Crippen molar-refractivity contribution >= 4 is 17.7 Å². The van der Waals surface area contributed by atoms with E-state index in [1.807, 2.05) is 0 Å². The molecule has 16 bridgehead atoms. The molecule has 1 aromatic rings. The molecule has 1 aromatic carbocycles. The lowest BCUT2D eigenvalue weighted by Crippen LogP contribution is -2.69. The Kier molecular flexibility index (Phi) is 27.4. The van der Waals surface area contributed by atoms with E-state index < -0.39 is 298 Å². The van der Waals surface area contributed by atoms with Crippen molar-refractivity contribution in [3.05, 3.63) is 29.8 Å². The topological polar surface area (TPSA) is 650 Å². The molecule has 30 heterocycles. The number of hydrogen-bond donors (Lipinski definition) is 24. The lowest BCUT2D eigenvalue weighted by atomic mass is 9.95. The Hall–Kier alpha value is -2.52. The van der Waals surface area contributed by atoms with E-state index in [9.17, 15) is 127 Å². The van der Waals surface area contributed by atoms with Gasteiger partial charge in [0.05, 0.1) is 52.4 Å². The second kappa shape index (κ2) is 34.4. The zero-order valence-electron chi connectivity index (χ0n) is 52.1. The molecule has 0 radical (unpaired) electrons. The van der Waals surface area contributed by atoms with E-state index in [-0.39, 0.29) is 18.6 Å². The van der Waals surface area contributed by atoms with Gasteiger partial charge >= 0.3 is 5.97 Å². The van der Waals surface area contributed by atoms with Gasteiger partial charge in [-0.2, -0.15) is 0 Å². The maximum absolute atomic E-state index is 12.0. The van der Waals surface area contributed by atoms with Crippen molar-refractivity contribution in [1.29, 1.82) is 0 Å². The summed E-state index contributed by atoms with van der Waals surface area (Å²) >= 11 is 1.04. The minimum absolute atomic E-state index is 0.178. The number of rotatable bonds is 13. The van der Waals surface area contributed by atoms with E-state index in [1.54, 1.807) is 24.3 Å². The minimum Gasteiger partial charge on any atom is -0.481 e. The Balaban J connectivity index is 0.929. The number of ether oxygens (including phenoxy) is 16. The zero-order valence-corrected chi connectivity index (χ0v) is 52.9. The first-order valence-corrected chi connectivity index (χ1v) is 32.8. The second-order valence-corrected chi connectivity index (χ2v) is 26.2. The monoisotopic (exact) mass is 1460 g/mol. The van der Waals surface area contributed by atoms with Gasteiger partial charge in [0.15, 0.2) is 50.3 Å². The Labute approximate surface area is 564 Å². The molecule has 0 aliphatic carbocycles. The van der Waals surface area contributed by atoms with Crippen molar-refractivity contribution in [2.24, 2.45) is 0 Å². The number of aliphatic hydroxyl groups is 23. The van der Waals surface area contributed by atoms with Gasteiger partial charge in [-0.15, -0.1) is 11.8 Å². The lowest BCUT2D eigenvalue weighted by molar-refractivity contribution is -0.403. The van der Waals surface area contributed by atoms with Crippen LogP contribution in [0, 0.1) is 0 Å². The van der Waals surface area contributed by atoms with Crippen molar-refractivity contribution in [3.63, 3.8) is 0 Å². The first kappa shape index (κ1) is 79.1. The predicted molar refractivity (Wildman–Crippen MR) is 307 cm³/mol. The van der Waals surface area contributed by atoms with Gasteiger partial charge in [0.25, 0.3) is 0 Å². The van der Waals surface area contributed by atoms with E-state index >= 15 is 0 Å². The number of aryl methyl sites for hydroxylation is 1. The molecule has 30 fully saturated rings. The molecule has 0 saturated carbocycles. The molecule has 0 amide bonds. The van der Waals surface area contributed by atoms with Crippen molar-refractivity contribution in [3.8, 4) is 0 Å². The van der Waals surface area contributed by atoms with Crippen LogP contribution in [0.25, 0.3) is 0 Å². The number of carbonyl (C=O) groups is 1. The number of carboxylic acid groups (broad SMARTS) is 1. The average Bonchev–Trinajstić information content (AvgIpc) is 0.779. The van der Waals surface area contributed by atoms with E-state index in [1.165, 1.54) is 0 Å². The smallest absolute Gasteiger partial charge is 0.303 e. The maximum atomic E-state index is 12.0. The van der Waals surface area contributed by atoms with Crippen molar-refractivity contribution in [1.82, 2.24) is 0 Å². The fraction of sp³-hybridized carbons (Fsp3) is 0.877. The number of thioether (sulfide) groups is 1. The minimum atomic E-state index is -2.26. The molecule has 568 valence electrons. The van der Waals surface area contributed by atoms with Crippen LogP contribution in [0.5, 0.6) is 0 Å². The van der Waals surface area contributed by atoms with Crippen LogP contribution in [-0.4, -0.2) is 426 Å². The van der Waals surface area contributed by atoms with E-state index in [4.69, 9.17) is 75.8 Å². The summed E-state index contributed by atoms with van der Waals surface area (Å²) in [4.78, 5) is 11.8. The van der Waals surface area contributed by atoms with Crippen LogP contribution in [0.3, 0.4) is 0 Å². The fourth-order valence-corrected chi connectivity index (χ4v) is 14.0. The highest BCUT2D eigenvalue weighted by Crippen LogP contribution is 2.41. The summed E-state index contributed by atoms with van der Waals surface area (Å²) in [6, 6.07) is 6.51. The molecular formula is C57H88O41S. The Bertz CT molecular complexity index is 2650. The summed E-state index contributed by atoms with van der Waals surface area (Å²) in [6.07, 6.45) is -81.9. The lowest BCUT2D eigenvalue weighted by Gasteiger charge is -2.50. The Morgan fingerprint density at radius 2 is 0.455 bits per heavy atom. The molecule has 42 heteroatoms. The van der Waals surface area contributed by atoms with Crippen molar-refractivity contribution in [2.45, 2.75) is 263 Å². The first-order valence-electron chi connectivity index (χ1n) is 31.8. The van der Waals surface area contributed by atoms with Crippen LogP contribution in [0.15, 0.2) is 29.2 Å². The van der Waals surface area contributed by atoms with Gasteiger partial charge < -0.3 is 198 Å². The van der Waals surface area contributed by atoms with Crippen molar-refractivity contribution < 1.29 is 203 Å². The third-order valence-electron chi connectivity index (χ3n) is 18.7. The highest BCUT2D eigenvalue weighted by atomic mass is 32.2. The van der Waals surface area contributed by atoms with E-state index in [0.717, 1.165) is 11.8 Å². The summed E-state index contributed by atoms with van der Waals surface area (Å²) in [5, 5.41) is 268. The molecule has 30 saturated heterocycles. The number of aliphatic hydroxyl groups excluding tert-OH is 23. The van der Waals surface area contributed by atoms with E-state index in [2.05, 4.69) is 0 Å². The maximum Gasteiger partial charge on any atom is 0.303 e. The van der Waals surface area contributed by atoms with Gasteiger partial charge in [-0.25, -0.2) is 0 Å². The number of aliphatic carboxylic acids is 1. The number of hydrogen-bond acceptors (Lipinski definition) is 41. The molecule has 0 spiro atoms. The third-order valence-corrected chi connectivity index (χ3v) is 19.8. The molecule has 0 unspecified atom stereocenters. The third kappa shape index (κ3) is 16.7. The Morgan fingerprint density at radius 3 is 0.636 bits per heavy atom. The standard InChI is InChI=1S/C57H88O41S/c58-7-17-42-26(67)34(75)50(83-17)92-43-18(8-59)85-52(36(77)28(43)69)94-45-20(10-61)87-54(38(79)30(45)71)96-47-22(12-63)89-56(40(81)32(47)73)98-49-24(14-99-16-4-1-15(2-5-16)3-6-25(65)66)90-57(41(82)33(49)74)97-48-23(13-64)88-55(39(80)31(48)72)95-46-21(11-62)86-53(37(78)29(46)70)93-44-19(9-60)84-51(91-42)35(76)27(44)68/h1-2,4-5,17-24,26-64,67-82H,3,6-14H2,(H,65,66)/t17-,18-,19-,20-,21-,22-,23-,24-,26-,27-,28-,29-,30-,31-,32-,33-,34-,35-,36-,37-,38-,39-,40-,41-,42-,43-,44-,45-,46-,47-,48-,49-,50-,51-,52-,53-,54-,55-,56-,57-/m1/s1. The number of carboxylic acids is 1. The molecule has 40 atom stereocenters. The van der Waals surface area contributed by atoms with Crippen LogP contribution < -0.4 is 0 Å². The van der Waals surface area contributed by atoms with Gasteiger partial charge in [-0.3, -0.25) is 4.79 Å². The molecule has 30 aliphatic heterocycles. The zero-order chi connectivity index (χ0) is 71.7. The van der Waals surface area contributed by atoms with Crippen molar-refractivity contribution in [2.75, 3.05) is 52.0 Å². The molecule has 0 aromatic heterocycles. The van der Waals surface area contributed by atoms with Gasteiger partial charge in [-0.1, -0.05) is 12.1 Å². The number of benzene rings is 1. The molecule has 99 heavy (non-hydrogen) atoms. The van der Waals surface area contributed by atoms with Gasteiger partial charge in [-0.05, 0) is 24.1 Å². The summed E-state index contributed by atoms with van der Waals surface area (Å²) < 4.78 is 93.1. The fourth-order valence-electron chi connectivity index (χ4n) is 13.1. The normalized spacial score (nSPS) is 50.5. The molecule has 31 rings (SSSR count). The van der Waals surface area contributed by atoms with Crippen LogP contribution in [0.1, 0.15) is 12.0 Å². The summed E-state index contributed by atoms with van der Waals surface area (Å²) in [5.74, 6) is -1.31. The largest absolute Gasteiger partial charge is 0.481 e. The molecule has 24 N–H and O–H groups in total. The van der Waals surface area contributed by atoms with Gasteiger partial charge in [0, 0.05) is 17.1 Å². The highest BCUT2D eigenvalue weighted by molar-refractivity contribution is 7.99. The van der Waals surface area contributed by atoms with Crippen LogP contribution >= 0.6 is 11.8 Å². The van der Waals surface area contributed by atoms with Gasteiger partial charge in [0.2, 0.25) is 0 Å².